The van der Waals surface area contributed by atoms with Gasteiger partial charge in [-0.05, 0) is 50.6 Å². The first-order valence-corrected chi connectivity index (χ1v) is 7.79. The van der Waals surface area contributed by atoms with Crippen molar-refractivity contribution in [3.8, 4) is 0 Å². The molecule has 1 aliphatic rings. The Morgan fingerprint density at radius 3 is 2.58 bits per heavy atom. The average molecular weight is 263 g/mol. The van der Waals surface area contributed by atoms with Gasteiger partial charge in [-0.3, -0.25) is 4.68 Å². The van der Waals surface area contributed by atoms with Crippen LogP contribution in [0.1, 0.15) is 50.9 Å². The van der Waals surface area contributed by atoms with Crippen molar-refractivity contribution in [3.05, 3.63) is 17.5 Å². The van der Waals surface area contributed by atoms with Gasteiger partial charge in [0, 0.05) is 18.8 Å². The minimum absolute atomic E-state index is 0.599. The molecule has 0 amide bonds. The molecule has 1 aliphatic carbocycles. The predicted molar refractivity (Wildman–Crippen MR) is 80.2 cm³/mol. The first-order chi connectivity index (χ1) is 9.06. The number of rotatable bonds is 5. The minimum atomic E-state index is 0.599. The molecule has 1 aromatic heterocycles. The van der Waals surface area contributed by atoms with Gasteiger partial charge in [-0.25, -0.2) is 0 Å². The fourth-order valence-corrected chi connectivity index (χ4v) is 3.33. The number of hydrogen-bond donors (Lipinski definition) is 1. The monoisotopic (exact) mass is 263 g/mol. The minimum Gasteiger partial charge on any atom is -0.314 e. The summed E-state index contributed by atoms with van der Waals surface area (Å²) in [6.07, 6.45) is 6.78. The molecular formula is C16H29N3. The Bertz CT molecular complexity index is 395. The Hall–Kier alpha value is -0.830. The van der Waals surface area contributed by atoms with Gasteiger partial charge in [-0.2, -0.15) is 5.10 Å². The molecule has 0 aromatic carbocycles. The van der Waals surface area contributed by atoms with Crippen LogP contribution in [0.25, 0.3) is 0 Å². The third-order valence-electron chi connectivity index (χ3n) is 4.43. The quantitative estimate of drug-likeness (QED) is 0.885. The molecular weight excluding hydrogens is 234 g/mol. The second kappa shape index (κ2) is 6.56. The van der Waals surface area contributed by atoms with Crippen LogP contribution in [-0.2, 0) is 13.5 Å². The van der Waals surface area contributed by atoms with Gasteiger partial charge in [0.25, 0.3) is 0 Å². The van der Waals surface area contributed by atoms with Crippen molar-refractivity contribution >= 4 is 0 Å². The van der Waals surface area contributed by atoms with E-state index in [9.17, 15) is 0 Å². The lowest BCUT2D eigenvalue weighted by molar-refractivity contribution is 0.222. The van der Waals surface area contributed by atoms with Crippen LogP contribution in [0.4, 0.5) is 0 Å². The molecule has 2 unspecified atom stereocenters. The van der Waals surface area contributed by atoms with E-state index < -0.39 is 0 Å². The molecule has 2 atom stereocenters. The molecule has 3 heteroatoms. The molecule has 1 aromatic rings. The SMILES string of the molecule is Cc1cc(CC2CCCCC2CNC(C)C)n(C)n1. The van der Waals surface area contributed by atoms with Gasteiger partial charge >= 0.3 is 0 Å². The van der Waals surface area contributed by atoms with E-state index in [2.05, 4.69) is 49.0 Å². The van der Waals surface area contributed by atoms with Gasteiger partial charge in [0.05, 0.1) is 5.69 Å². The summed E-state index contributed by atoms with van der Waals surface area (Å²) in [6.45, 7) is 7.74. The highest BCUT2D eigenvalue weighted by atomic mass is 15.3. The van der Waals surface area contributed by atoms with Crippen molar-refractivity contribution in [2.24, 2.45) is 18.9 Å². The molecule has 3 nitrogen and oxygen atoms in total. The summed E-state index contributed by atoms with van der Waals surface area (Å²) in [6, 6.07) is 2.85. The lowest BCUT2D eigenvalue weighted by Gasteiger charge is -2.32. The van der Waals surface area contributed by atoms with E-state index in [0.29, 0.717) is 6.04 Å². The van der Waals surface area contributed by atoms with Gasteiger partial charge in [-0.1, -0.05) is 26.7 Å². The lowest BCUT2D eigenvalue weighted by Crippen LogP contribution is -2.35. The summed E-state index contributed by atoms with van der Waals surface area (Å²) >= 11 is 0. The van der Waals surface area contributed by atoms with E-state index in [1.165, 1.54) is 44.3 Å². The Balaban J connectivity index is 1.97. The van der Waals surface area contributed by atoms with Gasteiger partial charge in [0.2, 0.25) is 0 Å². The molecule has 0 bridgehead atoms. The highest BCUT2D eigenvalue weighted by Gasteiger charge is 2.26. The molecule has 0 aliphatic heterocycles. The third-order valence-corrected chi connectivity index (χ3v) is 4.43. The van der Waals surface area contributed by atoms with Gasteiger partial charge in [-0.15, -0.1) is 0 Å². The van der Waals surface area contributed by atoms with Gasteiger partial charge in [0.15, 0.2) is 0 Å². The third kappa shape index (κ3) is 4.07. The molecule has 0 saturated heterocycles. The van der Waals surface area contributed by atoms with E-state index in [1.54, 1.807) is 0 Å². The normalized spacial score (nSPS) is 24.1. The van der Waals surface area contributed by atoms with Crippen LogP contribution < -0.4 is 5.32 Å². The van der Waals surface area contributed by atoms with Crippen molar-refractivity contribution < 1.29 is 0 Å². The fraction of sp³-hybridized carbons (Fsp3) is 0.812. The zero-order valence-corrected chi connectivity index (χ0v) is 12.9. The standard InChI is InChI=1S/C16H29N3/c1-12(2)17-11-15-8-6-5-7-14(15)10-16-9-13(3)18-19(16)4/h9,12,14-15,17H,5-8,10-11H2,1-4H3. The molecule has 1 N–H and O–H groups in total. The van der Waals surface area contributed by atoms with Crippen LogP contribution in [0, 0.1) is 18.8 Å². The molecule has 0 spiro atoms. The largest absolute Gasteiger partial charge is 0.314 e. The van der Waals surface area contributed by atoms with Crippen LogP contribution in [0.15, 0.2) is 6.07 Å². The number of nitrogens with one attached hydrogen (secondary N) is 1. The Labute approximate surface area is 117 Å². The maximum atomic E-state index is 4.48. The fourth-order valence-electron chi connectivity index (χ4n) is 3.33. The summed E-state index contributed by atoms with van der Waals surface area (Å²) in [5.41, 5.74) is 2.55. The van der Waals surface area contributed by atoms with E-state index in [0.717, 1.165) is 17.5 Å². The predicted octanol–water partition coefficient (Wildman–Crippen LogP) is 3.08. The first kappa shape index (κ1) is 14.6. The molecule has 1 fully saturated rings. The maximum absolute atomic E-state index is 4.48. The molecule has 1 heterocycles. The maximum Gasteiger partial charge on any atom is 0.0596 e. The second-order valence-electron chi connectivity index (χ2n) is 6.47. The topological polar surface area (TPSA) is 29.9 Å². The number of aromatic nitrogens is 2. The summed E-state index contributed by atoms with van der Waals surface area (Å²) < 4.78 is 2.07. The highest BCUT2D eigenvalue weighted by molar-refractivity contribution is 5.09. The lowest BCUT2D eigenvalue weighted by atomic mass is 9.76. The van der Waals surface area contributed by atoms with Crippen LogP contribution in [0.3, 0.4) is 0 Å². The second-order valence-corrected chi connectivity index (χ2v) is 6.47. The van der Waals surface area contributed by atoms with Crippen molar-refractivity contribution in [3.63, 3.8) is 0 Å². The van der Waals surface area contributed by atoms with Crippen molar-refractivity contribution in [2.75, 3.05) is 6.54 Å². The Kier molecular flexibility index (Phi) is 5.03. The van der Waals surface area contributed by atoms with Crippen molar-refractivity contribution in [1.82, 2.24) is 15.1 Å². The zero-order chi connectivity index (χ0) is 13.8. The average Bonchev–Trinajstić information content (AvgIpc) is 2.67. The van der Waals surface area contributed by atoms with Gasteiger partial charge < -0.3 is 5.32 Å². The van der Waals surface area contributed by atoms with Crippen molar-refractivity contribution in [2.45, 2.75) is 58.9 Å². The van der Waals surface area contributed by atoms with Crippen molar-refractivity contribution in [1.29, 1.82) is 0 Å². The smallest absolute Gasteiger partial charge is 0.0596 e. The molecule has 19 heavy (non-hydrogen) atoms. The van der Waals surface area contributed by atoms with E-state index >= 15 is 0 Å². The van der Waals surface area contributed by atoms with Crippen LogP contribution in [0.2, 0.25) is 0 Å². The molecule has 0 radical (unpaired) electrons. The highest BCUT2D eigenvalue weighted by Crippen LogP contribution is 2.32. The number of hydrogen-bond acceptors (Lipinski definition) is 2. The summed E-state index contributed by atoms with van der Waals surface area (Å²) in [4.78, 5) is 0. The van der Waals surface area contributed by atoms with E-state index in [4.69, 9.17) is 0 Å². The van der Waals surface area contributed by atoms with E-state index in [1.807, 2.05) is 0 Å². The van der Waals surface area contributed by atoms with Crippen LogP contribution in [0.5, 0.6) is 0 Å². The van der Waals surface area contributed by atoms with Gasteiger partial charge in [0.1, 0.15) is 0 Å². The zero-order valence-electron chi connectivity index (χ0n) is 12.9. The Morgan fingerprint density at radius 1 is 1.32 bits per heavy atom. The van der Waals surface area contributed by atoms with Crippen LogP contribution in [-0.4, -0.2) is 22.4 Å². The number of nitrogens with zero attached hydrogens (tertiary/aromatic N) is 2. The molecule has 2 rings (SSSR count). The summed E-state index contributed by atoms with van der Waals surface area (Å²) in [7, 11) is 2.08. The first-order valence-electron chi connectivity index (χ1n) is 7.79. The number of aryl methyl sites for hydroxylation is 2. The summed E-state index contributed by atoms with van der Waals surface area (Å²) in [5, 5.41) is 8.11. The molecule has 1 saturated carbocycles. The van der Waals surface area contributed by atoms with E-state index in [-0.39, 0.29) is 0 Å². The summed E-state index contributed by atoms with van der Waals surface area (Å²) in [5.74, 6) is 1.67. The Morgan fingerprint density at radius 2 is 2.00 bits per heavy atom. The molecule has 108 valence electrons. The van der Waals surface area contributed by atoms with Crippen LogP contribution >= 0.6 is 0 Å².